The van der Waals surface area contributed by atoms with Gasteiger partial charge in [-0.2, -0.15) is 0 Å². The smallest absolute Gasteiger partial charge is 0.221 e. The monoisotopic (exact) mass is 346 g/mol. The molecule has 140 valence electrons. The summed E-state index contributed by atoms with van der Waals surface area (Å²) in [5, 5.41) is 9.43. The molecule has 1 aromatic carbocycles. The molecule has 0 unspecified atom stereocenters. The number of hydrogen-bond acceptors (Lipinski definition) is 2. The highest BCUT2D eigenvalue weighted by Gasteiger charge is 2.20. The molecule has 5 nitrogen and oxygen atoms in total. The number of amides is 1. The molecule has 1 rings (SSSR count). The van der Waals surface area contributed by atoms with Crippen LogP contribution in [0.4, 0.5) is 0 Å². The average molecular weight is 347 g/mol. The quantitative estimate of drug-likeness (QED) is 0.476. The summed E-state index contributed by atoms with van der Waals surface area (Å²) >= 11 is 0. The molecule has 5 heteroatoms. The minimum Gasteiger partial charge on any atom is -0.356 e. The van der Waals surface area contributed by atoms with E-state index in [0.717, 1.165) is 31.9 Å². The maximum Gasteiger partial charge on any atom is 0.221 e. The van der Waals surface area contributed by atoms with Gasteiger partial charge in [-0.15, -0.1) is 0 Å². The second-order valence-electron chi connectivity index (χ2n) is 6.89. The van der Waals surface area contributed by atoms with E-state index in [1.165, 1.54) is 11.1 Å². The normalized spacial score (nSPS) is 12.0. The third kappa shape index (κ3) is 7.59. The molecule has 0 aliphatic heterocycles. The predicted octanol–water partition coefficient (Wildman–Crippen LogP) is 2.61. The van der Waals surface area contributed by atoms with Gasteiger partial charge >= 0.3 is 0 Å². The Kier molecular flexibility index (Phi) is 9.03. The van der Waals surface area contributed by atoms with E-state index in [-0.39, 0.29) is 11.3 Å². The Bertz CT molecular complexity index is 549. The summed E-state index contributed by atoms with van der Waals surface area (Å²) in [6.07, 6.45) is 2.46. The lowest BCUT2D eigenvalue weighted by Crippen LogP contribution is -2.44. The van der Waals surface area contributed by atoms with Crippen LogP contribution in [0.3, 0.4) is 0 Å². The van der Waals surface area contributed by atoms with Crippen LogP contribution in [0, 0.1) is 0 Å². The van der Waals surface area contributed by atoms with Crippen molar-refractivity contribution in [1.82, 2.24) is 16.0 Å². The number of nitrogens with zero attached hydrogens (tertiary/aromatic N) is 1. The fourth-order valence-corrected chi connectivity index (χ4v) is 2.47. The van der Waals surface area contributed by atoms with Crippen molar-refractivity contribution >= 4 is 11.9 Å². The first-order valence-corrected chi connectivity index (χ1v) is 9.23. The van der Waals surface area contributed by atoms with Crippen LogP contribution in [-0.4, -0.2) is 38.5 Å². The van der Waals surface area contributed by atoms with E-state index < -0.39 is 0 Å². The van der Waals surface area contributed by atoms with Gasteiger partial charge in [-0.1, -0.05) is 52.0 Å². The Labute approximate surface area is 152 Å². The predicted molar refractivity (Wildman–Crippen MR) is 106 cm³/mol. The van der Waals surface area contributed by atoms with Crippen molar-refractivity contribution in [1.29, 1.82) is 0 Å². The Morgan fingerprint density at radius 2 is 1.72 bits per heavy atom. The van der Waals surface area contributed by atoms with E-state index in [1.807, 2.05) is 6.92 Å². The standard InChI is InChI=1S/C20H34N4O/c1-6-13-22-18(25)12-14-23-19(21-5)24-15-20(3,4)17-10-8-16(7-2)9-11-17/h8-11H,6-7,12-15H2,1-5H3,(H,22,25)(H2,21,23,24). The maximum atomic E-state index is 11.6. The molecule has 0 atom stereocenters. The highest BCUT2D eigenvalue weighted by atomic mass is 16.1. The molecule has 1 aromatic rings. The van der Waals surface area contributed by atoms with Crippen molar-refractivity contribution in [3.63, 3.8) is 0 Å². The summed E-state index contributed by atoms with van der Waals surface area (Å²) in [6, 6.07) is 8.79. The molecule has 0 spiro atoms. The van der Waals surface area contributed by atoms with Crippen LogP contribution in [0.2, 0.25) is 0 Å². The summed E-state index contributed by atoms with van der Waals surface area (Å²) in [5.41, 5.74) is 2.64. The van der Waals surface area contributed by atoms with E-state index >= 15 is 0 Å². The van der Waals surface area contributed by atoms with Gasteiger partial charge in [0.25, 0.3) is 0 Å². The molecule has 0 saturated carbocycles. The molecule has 0 heterocycles. The van der Waals surface area contributed by atoms with E-state index in [1.54, 1.807) is 7.05 Å². The fraction of sp³-hybridized carbons (Fsp3) is 0.600. The first-order chi connectivity index (χ1) is 11.9. The van der Waals surface area contributed by atoms with Gasteiger partial charge in [0.2, 0.25) is 5.91 Å². The molecule has 0 saturated heterocycles. The molecule has 0 bridgehead atoms. The number of aryl methyl sites for hydroxylation is 1. The number of carbonyl (C=O) groups excluding carboxylic acids is 1. The van der Waals surface area contributed by atoms with Crippen LogP contribution < -0.4 is 16.0 Å². The van der Waals surface area contributed by atoms with Gasteiger partial charge in [0, 0.05) is 38.5 Å². The third-order valence-electron chi connectivity index (χ3n) is 4.28. The second-order valence-corrected chi connectivity index (χ2v) is 6.89. The van der Waals surface area contributed by atoms with Crippen molar-refractivity contribution in [2.75, 3.05) is 26.7 Å². The minimum absolute atomic E-state index is 0.0115. The van der Waals surface area contributed by atoms with Gasteiger partial charge in [0.15, 0.2) is 5.96 Å². The Morgan fingerprint density at radius 1 is 1.04 bits per heavy atom. The van der Waals surface area contributed by atoms with Crippen LogP contribution >= 0.6 is 0 Å². The molecule has 1 amide bonds. The molecular formula is C20H34N4O. The van der Waals surface area contributed by atoms with Crippen LogP contribution in [0.15, 0.2) is 29.3 Å². The summed E-state index contributed by atoms with van der Waals surface area (Å²) in [5.74, 6) is 0.794. The number of guanidine groups is 1. The number of nitrogens with one attached hydrogen (secondary N) is 3. The largest absolute Gasteiger partial charge is 0.356 e. The van der Waals surface area contributed by atoms with Crippen molar-refractivity contribution in [3.8, 4) is 0 Å². The van der Waals surface area contributed by atoms with Crippen molar-refractivity contribution in [2.45, 2.75) is 52.4 Å². The van der Waals surface area contributed by atoms with Crippen LogP contribution in [0.25, 0.3) is 0 Å². The van der Waals surface area contributed by atoms with E-state index in [9.17, 15) is 4.79 Å². The van der Waals surface area contributed by atoms with Crippen LogP contribution in [0.1, 0.15) is 51.7 Å². The van der Waals surface area contributed by atoms with Gasteiger partial charge in [-0.05, 0) is 24.0 Å². The van der Waals surface area contributed by atoms with Gasteiger partial charge in [0.1, 0.15) is 0 Å². The van der Waals surface area contributed by atoms with Crippen molar-refractivity contribution in [2.24, 2.45) is 4.99 Å². The summed E-state index contributed by atoms with van der Waals surface area (Å²) in [4.78, 5) is 15.8. The third-order valence-corrected chi connectivity index (χ3v) is 4.28. The number of aliphatic imine (C=N–C) groups is 1. The zero-order chi connectivity index (χ0) is 18.7. The Morgan fingerprint density at radius 3 is 2.28 bits per heavy atom. The zero-order valence-corrected chi connectivity index (χ0v) is 16.4. The van der Waals surface area contributed by atoms with E-state index in [2.05, 4.69) is 66.0 Å². The lowest BCUT2D eigenvalue weighted by Gasteiger charge is -2.27. The average Bonchev–Trinajstić information content (AvgIpc) is 2.62. The van der Waals surface area contributed by atoms with E-state index in [4.69, 9.17) is 0 Å². The number of rotatable bonds is 9. The fourth-order valence-electron chi connectivity index (χ4n) is 2.47. The maximum absolute atomic E-state index is 11.6. The zero-order valence-electron chi connectivity index (χ0n) is 16.4. The molecule has 0 aliphatic rings. The van der Waals surface area contributed by atoms with Crippen molar-refractivity contribution in [3.05, 3.63) is 35.4 Å². The van der Waals surface area contributed by atoms with Gasteiger partial charge in [-0.3, -0.25) is 9.79 Å². The topological polar surface area (TPSA) is 65.5 Å². The second kappa shape index (κ2) is 10.7. The first-order valence-electron chi connectivity index (χ1n) is 9.23. The molecule has 0 radical (unpaired) electrons. The SMILES string of the molecule is CCCNC(=O)CCNC(=NC)NCC(C)(C)c1ccc(CC)cc1. The number of carbonyl (C=O) groups is 1. The van der Waals surface area contributed by atoms with E-state index in [0.29, 0.717) is 13.0 Å². The van der Waals surface area contributed by atoms with Crippen molar-refractivity contribution < 1.29 is 4.79 Å². The lowest BCUT2D eigenvalue weighted by atomic mass is 9.84. The lowest BCUT2D eigenvalue weighted by molar-refractivity contribution is -0.120. The van der Waals surface area contributed by atoms with Gasteiger partial charge in [0.05, 0.1) is 0 Å². The molecule has 0 aliphatic carbocycles. The number of benzene rings is 1. The Hall–Kier alpha value is -2.04. The summed E-state index contributed by atoms with van der Waals surface area (Å²) in [6.45, 7) is 10.7. The van der Waals surface area contributed by atoms with Gasteiger partial charge < -0.3 is 16.0 Å². The van der Waals surface area contributed by atoms with Gasteiger partial charge in [-0.25, -0.2) is 0 Å². The van der Waals surface area contributed by atoms with Crippen LogP contribution in [0.5, 0.6) is 0 Å². The summed E-state index contributed by atoms with van der Waals surface area (Å²) < 4.78 is 0. The molecular weight excluding hydrogens is 312 g/mol. The minimum atomic E-state index is -0.0115. The molecule has 3 N–H and O–H groups in total. The molecule has 0 aromatic heterocycles. The number of hydrogen-bond donors (Lipinski definition) is 3. The highest BCUT2D eigenvalue weighted by Crippen LogP contribution is 2.22. The molecule has 0 fully saturated rings. The van der Waals surface area contributed by atoms with Crippen LogP contribution in [-0.2, 0) is 16.6 Å². The summed E-state index contributed by atoms with van der Waals surface area (Å²) in [7, 11) is 1.75. The Balaban J connectivity index is 2.45. The highest BCUT2D eigenvalue weighted by molar-refractivity contribution is 5.81. The first kappa shape index (κ1) is 21.0. The molecule has 25 heavy (non-hydrogen) atoms.